The third kappa shape index (κ3) is 10.2. The number of hydrogen-bond donors (Lipinski definition) is 8. The number of rotatable bonds is 18. The summed E-state index contributed by atoms with van der Waals surface area (Å²) in [6.45, 7) is 3.89. The predicted octanol–water partition coefficient (Wildman–Crippen LogP) is 0.0173. The van der Waals surface area contributed by atoms with Gasteiger partial charge < -0.3 is 43.2 Å². The van der Waals surface area contributed by atoms with Gasteiger partial charge in [-0.1, -0.05) is 38.5 Å². The summed E-state index contributed by atoms with van der Waals surface area (Å²) in [5, 5.41) is 18.2. The van der Waals surface area contributed by atoms with Gasteiger partial charge in [-0.3, -0.25) is 19.2 Å². The van der Waals surface area contributed by atoms with Crippen molar-refractivity contribution in [2.75, 3.05) is 6.54 Å². The lowest BCUT2D eigenvalue weighted by molar-refractivity contribution is -0.144. The van der Waals surface area contributed by atoms with E-state index in [0.29, 0.717) is 25.8 Å². The number of unbranched alkanes of at least 4 members (excludes halogenated alkanes) is 1. The molecular weight excluding hydrogens is 530 g/mol. The molecule has 11 N–H and O–H groups in total. The smallest absolute Gasteiger partial charge is 0.326 e. The van der Waals surface area contributed by atoms with Crippen LogP contribution in [0.2, 0.25) is 0 Å². The summed E-state index contributed by atoms with van der Waals surface area (Å²) < 4.78 is 0. The summed E-state index contributed by atoms with van der Waals surface area (Å²) in [7, 11) is 0. The number of amides is 4. The number of aromatic nitrogens is 1. The van der Waals surface area contributed by atoms with Crippen molar-refractivity contribution in [3.63, 3.8) is 0 Å². The Kier molecular flexibility index (Phi) is 13.2. The van der Waals surface area contributed by atoms with Crippen LogP contribution in [0.4, 0.5) is 0 Å². The number of carboxylic acids is 1. The zero-order chi connectivity index (χ0) is 30.5. The normalized spacial score (nSPS) is 14.8. The van der Waals surface area contributed by atoms with Crippen molar-refractivity contribution in [2.45, 2.75) is 83.0 Å². The van der Waals surface area contributed by atoms with Gasteiger partial charge in [-0.15, -0.1) is 0 Å². The highest BCUT2D eigenvalue weighted by Gasteiger charge is 2.32. The summed E-state index contributed by atoms with van der Waals surface area (Å²) >= 11 is 0. The quantitative estimate of drug-likeness (QED) is 0.113. The van der Waals surface area contributed by atoms with Gasteiger partial charge in [-0.05, 0) is 56.2 Å². The number of nitrogens with two attached hydrogens (primary N) is 3. The van der Waals surface area contributed by atoms with Gasteiger partial charge in [0.15, 0.2) is 0 Å². The van der Waals surface area contributed by atoms with E-state index in [1.807, 2.05) is 31.2 Å². The topological polar surface area (TPSA) is 236 Å². The number of carbonyl (C=O) groups excluding carboxylic acids is 4. The Morgan fingerprint density at radius 3 is 2.22 bits per heavy atom. The second-order valence-corrected chi connectivity index (χ2v) is 10.3. The Bertz CT molecular complexity index is 1200. The van der Waals surface area contributed by atoms with Crippen LogP contribution in [0.15, 0.2) is 30.5 Å². The summed E-state index contributed by atoms with van der Waals surface area (Å²) in [4.78, 5) is 65.8. The molecular formula is C28H43N7O6. The van der Waals surface area contributed by atoms with E-state index in [1.54, 1.807) is 13.1 Å². The molecule has 2 rings (SSSR count). The number of aliphatic carboxylic acids is 1. The van der Waals surface area contributed by atoms with Crippen LogP contribution in [0.3, 0.4) is 0 Å². The first kappa shape index (κ1) is 33.2. The monoisotopic (exact) mass is 573 g/mol. The Morgan fingerprint density at radius 2 is 1.59 bits per heavy atom. The molecule has 5 unspecified atom stereocenters. The molecule has 0 fully saturated rings. The van der Waals surface area contributed by atoms with E-state index in [0.717, 1.165) is 16.5 Å². The first-order valence-corrected chi connectivity index (χ1v) is 13.9. The molecule has 226 valence electrons. The molecule has 13 heteroatoms. The molecule has 0 saturated carbocycles. The highest BCUT2D eigenvalue weighted by Crippen LogP contribution is 2.19. The van der Waals surface area contributed by atoms with E-state index >= 15 is 0 Å². The number of nitrogens with one attached hydrogen (secondary N) is 4. The number of carbonyl (C=O) groups is 5. The number of benzene rings is 1. The fourth-order valence-corrected chi connectivity index (χ4v) is 4.44. The second kappa shape index (κ2) is 16.3. The number of aromatic amines is 1. The largest absolute Gasteiger partial charge is 0.480 e. The van der Waals surface area contributed by atoms with Crippen LogP contribution in [-0.4, -0.2) is 70.4 Å². The molecule has 0 aliphatic heterocycles. The van der Waals surface area contributed by atoms with Crippen molar-refractivity contribution in [1.29, 1.82) is 0 Å². The number of carboxylic acid groups (broad SMARTS) is 1. The zero-order valence-electron chi connectivity index (χ0n) is 23.7. The SMILES string of the molecule is CCC(C)C(NC(=O)C(CCCCN)NC(=O)C(CCC(N)=O)NC(=O)C(N)Cc1c[nH]c2ccccc12)C(=O)O. The Balaban J connectivity index is 2.17. The van der Waals surface area contributed by atoms with Crippen molar-refractivity contribution < 1.29 is 29.1 Å². The molecule has 2 aromatic rings. The number of H-pyrrole nitrogens is 1. The minimum Gasteiger partial charge on any atom is -0.480 e. The first-order valence-electron chi connectivity index (χ1n) is 13.9. The van der Waals surface area contributed by atoms with Crippen LogP contribution < -0.4 is 33.2 Å². The minimum absolute atomic E-state index is 0.117. The van der Waals surface area contributed by atoms with E-state index in [-0.39, 0.29) is 31.6 Å². The van der Waals surface area contributed by atoms with Crippen molar-refractivity contribution in [2.24, 2.45) is 23.1 Å². The minimum atomic E-state index is -1.21. The molecule has 0 spiro atoms. The Morgan fingerprint density at radius 1 is 0.951 bits per heavy atom. The molecule has 1 aromatic heterocycles. The predicted molar refractivity (Wildman–Crippen MR) is 154 cm³/mol. The van der Waals surface area contributed by atoms with Crippen LogP contribution in [-0.2, 0) is 30.4 Å². The fourth-order valence-electron chi connectivity index (χ4n) is 4.44. The molecule has 41 heavy (non-hydrogen) atoms. The van der Waals surface area contributed by atoms with Gasteiger partial charge in [0.05, 0.1) is 6.04 Å². The van der Waals surface area contributed by atoms with Gasteiger partial charge >= 0.3 is 5.97 Å². The third-order valence-electron chi connectivity index (χ3n) is 7.12. The van der Waals surface area contributed by atoms with Crippen LogP contribution in [0.25, 0.3) is 10.9 Å². The number of fused-ring (bicyclic) bond motifs is 1. The molecule has 1 heterocycles. The van der Waals surface area contributed by atoms with Crippen LogP contribution in [0, 0.1) is 5.92 Å². The molecule has 0 radical (unpaired) electrons. The van der Waals surface area contributed by atoms with Crippen LogP contribution in [0.5, 0.6) is 0 Å². The highest BCUT2D eigenvalue weighted by atomic mass is 16.4. The lowest BCUT2D eigenvalue weighted by Crippen LogP contribution is -2.58. The standard InChI is InChI=1S/C28H43N7O6/c1-3-16(2)24(28(40)41)35-27(39)21(10-6-7-13-29)34-26(38)22(11-12-23(31)36)33-25(37)19(30)14-17-15-32-20-9-5-4-8-18(17)20/h4-5,8-9,15-16,19,21-22,24,32H,3,6-7,10-14,29-30H2,1-2H3,(H2,31,36)(H,33,37)(H,34,38)(H,35,39)(H,40,41). The van der Waals surface area contributed by atoms with Crippen molar-refractivity contribution in [1.82, 2.24) is 20.9 Å². The van der Waals surface area contributed by atoms with Crippen LogP contribution >= 0.6 is 0 Å². The average molecular weight is 574 g/mol. The molecule has 5 atom stereocenters. The molecule has 0 saturated heterocycles. The maximum absolute atomic E-state index is 13.3. The zero-order valence-corrected chi connectivity index (χ0v) is 23.7. The average Bonchev–Trinajstić information content (AvgIpc) is 3.34. The Hall–Kier alpha value is -3.97. The van der Waals surface area contributed by atoms with E-state index in [1.165, 1.54) is 0 Å². The maximum atomic E-state index is 13.3. The van der Waals surface area contributed by atoms with Gasteiger partial charge in [-0.25, -0.2) is 4.79 Å². The lowest BCUT2D eigenvalue weighted by Gasteiger charge is -2.26. The van der Waals surface area contributed by atoms with Crippen molar-refractivity contribution in [3.8, 4) is 0 Å². The van der Waals surface area contributed by atoms with E-state index in [2.05, 4.69) is 20.9 Å². The summed E-state index contributed by atoms with van der Waals surface area (Å²) in [6.07, 6.45) is 3.42. The number of para-hydroxylation sites is 1. The summed E-state index contributed by atoms with van der Waals surface area (Å²) in [5.74, 6) is -4.21. The second-order valence-electron chi connectivity index (χ2n) is 10.3. The first-order chi connectivity index (χ1) is 19.5. The van der Waals surface area contributed by atoms with E-state index in [9.17, 15) is 29.1 Å². The fraction of sp³-hybridized carbons (Fsp3) is 0.536. The maximum Gasteiger partial charge on any atom is 0.326 e. The third-order valence-corrected chi connectivity index (χ3v) is 7.12. The van der Waals surface area contributed by atoms with Gasteiger partial charge in [0.1, 0.15) is 18.1 Å². The number of hydrogen-bond acceptors (Lipinski definition) is 7. The van der Waals surface area contributed by atoms with Crippen molar-refractivity contribution >= 4 is 40.5 Å². The summed E-state index contributed by atoms with van der Waals surface area (Å²) in [6, 6.07) is 3.11. The summed E-state index contributed by atoms with van der Waals surface area (Å²) in [5.41, 5.74) is 18.8. The molecule has 0 aliphatic carbocycles. The molecule has 13 nitrogen and oxygen atoms in total. The number of primary amides is 1. The van der Waals surface area contributed by atoms with Gasteiger partial charge in [0, 0.05) is 23.5 Å². The van der Waals surface area contributed by atoms with E-state index in [4.69, 9.17) is 17.2 Å². The van der Waals surface area contributed by atoms with Gasteiger partial charge in [0.2, 0.25) is 23.6 Å². The molecule has 0 bridgehead atoms. The van der Waals surface area contributed by atoms with Gasteiger partial charge in [0.25, 0.3) is 0 Å². The highest BCUT2D eigenvalue weighted by molar-refractivity contribution is 5.94. The van der Waals surface area contributed by atoms with E-state index < -0.39 is 53.8 Å². The lowest BCUT2D eigenvalue weighted by atomic mass is 9.98. The van der Waals surface area contributed by atoms with Gasteiger partial charge in [-0.2, -0.15) is 0 Å². The van der Waals surface area contributed by atoms with Crippen LogP contribution in [0.1, 0.15) is 57.9 Å². The molecule has 1 aromatic carbocycles. The van der Waals surface area contributed by atoms with Crippen molar-refractivity contribution in [3.05, 3.63) is 36.0 Å². The molecule has 0 aliphatic rings. The molecule has 4 amide bonds. The Labute approximate surface area is 239 Å².